The van der Waals surface area contributed by atoms with E-state index in [0.717, 1.165) is 17.7 Å². The summed E-state index contributed by atoms with van der Waals surface area (Å²) >= 11 is 0. The van der Waals surface area contributed by atoms with Gasteiger partial charge < -0.3 is 4.74 Å². The number of esters is 1. The third-order valence-corrected chi connectivity index (χ3v) is 2.63. The quantitative estimate of drug-likeness (QED) is 0.759. The maximum Gasteiger partial charge on any atom is 0.337 e. The molecule has 1 heterocycles. The first kappa shape index (κ1) is 11.4. The number of benzene rings is 1. The number of ether oxygens (including phenoxy) is 1. The normalized spacial score (nSPS) is 10.2. The number of rotatable bonds is 3. The molecule has 1 aromatic heterocycles. The summed E-state index contributed by atoms with van der Waals surface area (Å²) in [5, 5.41) is 4.19. The number of hydrogen-bond donors (Lipinski definition) is 0. The lowest BCUT2D eigenvalue weighted by molar-refractivity contribution is 0.0600. The van der Waals surface area contributed by atoms with Crippen molar-refractivity contribution in [3.05, 3.63) is 47.8 Å². The van der Waals surface area contributed by atoms with Gasteiger partial charge in [0.1, 0.15) is 0 Å². The summed E-state index contributed by atoms with van der Waals surface area (Å²) < 4.78 is 6.50. The number of methoxy groups -OCH3 is 1. The highest BCUT2D eigenvalue weighted by molar-refractivity contribution is 5.89. The van der Waals surface area contributed by atoms with Gasteiger partial charge in [0, 0.05) is 12.4 Å². The molecule has 0 saturated heterocycles. The zero-order valence-electron chi connectivity index (χ0n) is 9.88. The van der Waals surface area contributed by atoms with Crippen LogP contribution in [0.5, 0.6) is 0 Å². The monoisotopic (exact) mass is 230 g/mol. The van der Waals surface area contributed by atoms with Crippen molar-refractivity contribution < 1.29 is 9.53 Å². The van der Waals surface area contributed by atoms with Crippen LogP contribution in [0.25, 0.3) is 5.69 Å². The predicted octanol–water partition coefficient (Wildman–Crippen LogP) is 2.22. The SMILES string of the molecule is CCc1cc(C(=O)OC)ccc1-n1cccn1. The van der Waals surface area contributed by atoms with Crippen molar-refractivity contribution in [1.82, 2.24) is 9.78 Å². The fraction of sp³-hybridized carbons (Fsp3) is 0.231. The Hall–Kier alpha value is -2.10. The molecule has 17 heavy (non-hydrogen) atoms. The van der Waals surface area contributed by atoms with E-state index in [1.165, 1.54) is 7.11 Å². The Labute approximate surface area is 99.8 Å². The van der Waals surface area contributed by atoms with Crippen LogP contribution in [0.1, 0.15) is 22.8 Å². The van der Waals surface area contributed by atoms with Crippen LogP contribution in [-0.4, -0.2) is 22.9 Å². The molecule has 0 N–H and O–H groups in total. The van der Waals surface area contributed by atoms with Gasteiger partial charge in [-0.15, -0.1) is 0 Å². The second kappa shape index (κ2) is 4.82. The van der Waals surface area contributed by atoms with E-state index in [0.29, 0.717) is 5.56 Å². The molecule has 0 amide bonds. The standard InChI is InChI=1S/C13H14N2O2/c1-3-10-9-11(13(16)17-2)5-6-12(10)15-8-4-7-14-15/h4-9H,3H2,1-2H3. The van der Waals surface area contributed by atoms with Crippen LogP contribution in [0.2, 0.25) is 0 Å². The van der Waals surface area contributed by atoms with E-state index < -0.39 is 0 Å². The number of nitrogens with zero attached hydrogens (tertiary/aromatic N) is 2. The smallest absolute Gasteiger partial charge is 0.337 e. The molecule has 4 heteroatoms. The van der Waals surface area contributed by atoms with Crippen LogP contribution in [0.15, 0.2) is 36.7 Å². The van der Waals surface area contributed by atoms with Gasteiger partial charge in [-0.05, 0) is 36.2 Å². The molecule has 88 valence electrons. The Kier molecular flexibility index (Phi) is 3.23. The minimum absolute atomic E-state index is 0.313. The number of hydrogen-bond acceptors (Lipinski definition) is 3. The van der Waals surface area contributed by atoms with Gasteiger partial charge in [-0.25, -0.2) is 9.48 Å². The first-order valence-corrected chi connectivity index (χ1v) is 5.47. The summed E-state index contributed by atoms with van der Waals surface area (Å²) in [6, 6.07) is 7.36. The first-order valence-electron chi connectivity index (χ1n) is 5.47. The number of carbonyl (C=O) groups is 1. The van der Waals surface area contributed by atoms with Gasteiger partial charge in [-0.1, -0.05) is 6.92 Å². The zero-order chi connectivity index (χ0) is 12.3. The van der Waals surface area contributed by atoms with Gasteiger partial charge in [-0.3, -0.25) is 0 Å². The fourth-order valence-corrected chi connectivity index (χ4v) is 1.75. The Morgan fingerprint density at radius 3 is 2.88 bits per heavy atom. The van der Waals surface area contributed by atoms with E-state index in [2.05, 4.69) is 5.10 Å². The Balaban J connectivity index is 2.46. The molecule has 0 atom stereocenters. The molecule has 0 saturated carbocycles. The van der Waals surface area contributed by atoms with Gasteiger partial charge in [-0.2, -0.15) is 5.10 Å². The van der Waals surface area contributed by atoms with Crippen molar-refractivity contribution in [3.8, 4) is 5.69 Å². The minimum atomic E-state index is -0.313. The van der Waals surface area contributed by atoms with Crippen LogP contribution in [-0.2, 0) is 11.2 Å². The Bertz CT molecular complexity index is 518. The fourth-order valence-electron chi connectivity index (χ4n) is 1.75. The number of aryl methyl sites for hydroxylation is 1. The van der Waals surface area contributed by atoms with Gasteiger partial charge in [0.05, 0.1) is 18.4 Å². The van der Waals surface area contributed by atoms with Crippen molar-refractivity contribution in [2.45, 2.75) is 13.3 Å². The van der Waals surface area contributed by atoms with Crippen LogP contribution >= 0.6 is 0 Å². The van der Waals surface area contributed by atoms with Crippen LogP contribution in [0.3, 0.4) is 0 Å². The molecule has 0 unspecified atom stereocenters. The molecule has 4 nitrogen and oxygen atoms in total. The second-order valence-corrected chi connectivity index (χ2v) is 3.64. The Morgan fingerprint density at radius 2 is 2.29 bits per heavy atom. The van der Waals surface area contributed by atoms with Crippen molar-refractivity contribution >= 4 is 5.97 Å². The van der Waals surface area contributed by atoms with E-state index >= 15 is 0 Å². The molecule has 2 aromatic rings. The maximum absolute atomic E-state index is 11.4. The second-order valence-electron chi connectivity index (χ2n) is 3.64. The topological polar surface area (TPSA) is 44.1 Å². The summed E-state index contributed by atoms with van der Waals surface area (Å²) in [6.07, 6.45) is 4.44. The lowest BCUT2D eigenvalue weighted by Gasteiger charge is -2.09. The number of aromatic nitrogens is 2. The van der Waals surface area contributed by atoms with Crippen molar-refractivity contribution in [2.75, 3.05) is 7.11 Å². The lowest BCUT2D eigenvalue weighted by atomic mass is 10.1. The Morgan fingerprint density at radius 1 is 1.47 bits per heavy atom. The molecular weight excluding hydrogens is 216 g/mol. The predicted molar refractivity (Wildman–Crippen MR) is 64.3 cm³/mol. The minimum Gasteiger partial charge on any atom is -0.465 e. The van der Waals surface area contributed by atoms with E-state index in [1.54, 1.807) is 16.9 Å². The van der Waals surface area contributed by atoms with Crippen LogP contribution in [0.4, 0.5) is 0 Å². The van der Waals surface area contributed by atoms with E-state index in [4.69, 9.17) is 4.74 Å². The van der Waals surface area contributed by atoms with Crippen molar-refractivity contribution in [2.24, 2.45) is 0 Å². The molecule has 0 fully saturated rings. The van der Waals surface area contributed by atoms with Gasteiger partial charge in [0.25, 0.3) is 0 Å². The third kappa shape index (κ3) is 2.20. The molecule has 1 aromatic carbocycles. The van der Waals surface area contributed by atoms with E-state index in [-0.39, 0.29) is 5.97 Å². The summed E-state index contributed by atoms with van der Waals surface area (Å²) in [5.41, 5.74) is 2.63. The molecule has 0 aliphatic heterocycles. The average molecular weight is 230 g/mol. The highest BCUT2D eigenvalue weighted by atomic mass is 16.5. The molecular formula is C13H14N2O2. The highest BCUT2D eigenvalue weighted by Gasteiger charge is 2.09. The molecule has 2 rings (SSSR count). The average Bonchev–Trinajstić information content (AvgIpc) is 2.90. The third-order valence-electron chi connectivity index (χ3n) is 2.63. The van der Waals surface area contributed by atoms with Gasteiger partial charge in [0.2, 0.25) is 0 Å². The van der Waals surface area contributed by atoms with Crippen LogP contribution < -0.4 is 0 Å². The van der Waals surface area contributed by atoms with Crippen LogP contribution in [0, 0.1) is 0 Å². The summed E-state index contributed by atoms with van der Waals surface area (Å²) in [6.45, 7) is 2.05. The lowest BCUT2D eigenvalue weighted by Crippen LogP contribution is -2.05. The zero-order valence-corrected chi connectivity index (χ0v) is 9.88. The summed E-state index contributed by atoms with van der Waals surface area (Å²) in [5.74, 6) is -0.313. The molecule has 0 spiro atoms. The van der Waals surface area contributed by atoms with E-state index in [1.807, 2.05) is 31.3 Å². The largest absolute Gasteiger partial charge is 0.465 e. The first-order chi connectivity index (χ1) is 8.26. The maximum atomic E-state index is 11.4. The molecule has 0 bridgehead atoms. The van der Waals surface area contributed by atoms with Gasteiger partial charge in [0.15, 0.2) is 0 Å². The number of carbonyl (C=O) groups excluding carboxylic acids is 1. The van der Waals surface area contributed by atoms with Crippen molar-refractivity contribution in [3.63, 3.8) is 0 Å². The van der Waals surface area contributed by atoms with E-state index in [9.17, 15) is 4.79 Å². The molecule has 0 aliphatic rings. The summed E-state index contributed by atoms with van der Waals surface area (Å²) in [4.78, 5) is 11.4. The molecule has 0 radical (unpaired) electrons. The van der Waals surface area contributed by atoms with Gasteiger partial charge >= 0.3 is 5.97 Å². The highest BCUT2D eigenvalue weighted by Crippen LogP contribution is 2.17. The van der Waals surface area contributed by atoms with Crippen molar-refractivity contribution in [1.29, 1.82) is 0 Å². The summed E-state index contributed by atoms with van der Waals surface area (Å²) in [7, 11) is 1.38. The molecule has 0 aliphatic carbocycles.